The summed E-state index contributed by atoms with van der Waals surface area (Å²) >= 11 is 0. The van der Waals surface area contributed by atoms with Crippen molar-refractivity contribution in [2.45, 2.75) is 45.4 Å². The number of carbonyl (C=O) groups is 1. The molecule has 4 heteroatoms. The van der Waals surface area contributed by atoms with Crippen molar-refractivity contribution in [2.75, 3.05) is 6.61 Å². The molecule has 1 aromatic rings. The van der Waals surface area contributed by atoms with Gasteiger partial charge >= 0.3 is 0 Å². The highest BCUT2D eigenvalue weighted by Crippen LogP contribution is 2.20. The molecule has 0 spiro atoms. The molecule has 0 atom stereocenters. The summed E-state index contributed by atoms with van der Waals surface area (Å²) in [6.45, 7) is 7.27. The molecule has 0 saturated carbocycles. The third-order valence-electron chi connectivity index (χ3n) is 3.33. The largest absolute Gasteiger partial charge is 0.388 e. The summed E-state index contributed by atoms with van der Waals surface area (Å²) in [5, 5.41) is 12.7. The van der Waals surface area contributed by atoms with Crippen LogP contribution in [0.2, 0.25) is 0 Å². The van der Waals surface area contributed by atoms with Crippen molar-refractivity contribution < 1.29 is 14.6 Å². The Morgan fingerprint density at radius 2 is 1.79 bits per heavy atom. The summed E-state index contributed by atoms with van der Waals surface area (Å²) in [4.78, 5) is 11.7. The lowest BCUT2D eigenvalue weighted by Crippen LogP contribution is -2.58. The van der Waals surface area contributed by atoms with Crippen LogP contribution in [-0.4, -0.2) is 28.8 Å². The standard InChI is InChI=1S/C15H23NO3/c1-14(2,15(3,4)18)16-13(17)11-19-10-12-8-6-5-7-9-12/h5-9,18H,10-11H2,1-4H3,(H,16,17). The zero-order chi connectivity index (χ0) is 14.5. The second kappa shape index (κ2) is 6.17. The van der Waals surface area contributed by atoms with Gasteiger partial charge in [-0.05, 0) is 33.3 Å². The molecule has 0 fully saturated rings. The average molecular weight is 265 g/mol. The Labute approximate surface area is 114 Å². The minimum Gasteiger partial charge on any atom is -0.388 e. The Balaban J connectivity index is 2.37. The van der Waals surface area contributed by atoms with Crippen molar-refractivity contribution in [1.82, 2.24) is 5.32 Å². The van der Waals surface area contributed by atoms with Crippen molar-refractivity contribution in [3.8, 4) is 0 Å². The minimum absolute atomic E-state index is 0.0194. The molecule has 4 nitrogen and oxygen atoms in total. The zero-order valence-corrected chi connectivity index (χ0v) is 12.1. The number of rotatable bonds is 6. The molecule has 0 aliphatic heterocycles. The van der Waals surface area contributed by atoms with Gasteiger partial charge in [0.25, 0.3) is 0 Å². The molecule has 0 heterocycles. The topological polar surface area (TPSA) is 58.6 Å². The molecule has 2 N–H and O–H groups in total. The van der Waals surface area contributed by atoms with E-state index in [4.69, 9.17) is 4.74 Å². The molecule has 0 aliphatic carbocycles. The predicted octanol–water partition coefficient (Wildman–Crippen LogP) is 1.87. The number of hydrogen-bond acceptors (Lipinski definition) is 3. The molecule has 0 radical (unpaired) electrons. The van der Waals surface area contributed by atoms with Gasteiger partial charge in [0.05, 0.1) is 17.7 Å². The smallest absolute Gasteiger partial charge is 0.246 e. The van der Waals surface area contributed by atoms with Gasteiger partial charge in [0, 0.05) is 0 Å². The Bertz CT molecular complexity index is 407. The van der Waals surface area contributed by atoms with Crippen molar-refractivity contribution in [2.24, 2.45) is 0 Å². The van der Waals surface area contributed by atoms with Crippen LogP contribution in [-0.2, 0) is 16.1 Å². The van der Waals surface area contributed by atoms with Crippen LogP contribution in [0.25, 0.3) is 0 Å². The molecular formula is C15H23NO3. The highest BCUT2D eigenvalue weighted by atomic mass is 16.5. The van der Waals surface area contributed by atoms with E-state index in [9.17, 15) is 9.90 Å². The van der Waals surface area contributed by atoms with Crippen LogP contribution in [0.5, 0.6) is 0 Å². The van der Waals surface area contributed by atoms with E-state index in [1.54, 1.807) is 27.7 Å². The summed E-state index contributed by atoms with van der Waals surface area (Å²) in [6.07, 6.45) is 0. The van der Waals surface area contributed by atoms with Crippen LogP contribution >= 0.6 is 0 Å². The maximum atomic E-state index is 11.7. The third-order valence-corrected chi connectivity index (χ3v) is 3.33. The van der Waals surface area contributed by atoms with Gasteiger partial charge < -0.3 is 15.2 Å². The zero-order valence-electron chi connectivity index (χ0n) is 12.1. The van der Waals surface area contributed by atoms with E-state index in [0.29, 0.717) is 6.61 Å². The number of carbonyl (C=O) groups excluding carboxylic acids is 1. The number of amides is 1. The Kier molecular flexibility index (Phi) is 5.09. The van der Waals surface area contributed by atoms with E-state index < -0.39 is 11.1 Å². The Morgan fingerprint density at radius 3 is 2.32 bits per heavy atom. The quantitative estimate of drug-likeness (QED) is 0.825. The van der Waals surface area contributed by atoms with Crippen LogP contribution in [0, 0.1) is 0 Å². The number of aliphatic hydroxyl groups is 1. The van der Waals surface area contributed by atoms with Gasteiger partial charge in [0.1, 0.15) is 6.61 Å². The van der Waals surface area contributed by atoms with Crippen LogP contribution < -0.4 is 5.32 Å². The first-order chi connectivity index (χ1) is 8.72. The molecule has 1 aromatic carbocycles. The van der Waals surface area contributed by atoms with E-state index in [1.807, 2.05) is 30.3 Å². The lowest BCUT2D eigenvalue weighted by molar-refractivity contribution is -0.131. The highest BCUT2D eigenvalue weighted by molar-refractivity contribution is 5.78. The number of benzene rings is 1. The molecule has 0 aliphatic rings. The molecule has 19 heavy (non-hydrogen) atoms. The van der Waals surface area contributed by atoms with E-state index in [0.717, 1.165) is 5.56 Å². The maximum absolute atomic E-state index is 11.7. The molecule has 1 amide bonds. The van der Waals surface area contributed by atoms with Gasteiger partial charge in [-0.1, -0.05) is 30.3 Å². The van der Waals surface area contributed by atoms with Crippen molar-refractivity contribution in [3.05, 3.63) is 35.9 Å². The summed E-state index contributed by atoms with van der Waals surface area (Å²) in [5.74, 6) is -0.233. The van der Waals surface area contributed by atoms with Crippen molar-refractivity contribution in [3.63, 3.8) is 0 Å². The molecule has 0 bridgehead atoms. The number of hydrogen-bond donors (Lipinski definition) is 2. The maximum Gasteiger partial charge on any atom is 0.246 e. The average Bonchev–Trinajstić information content (AvgIpc) is 2.28. The normalized spacial score (nSPS) is 12.3. The first kappa shape index (κ1) is 15.7. The molecule has 0 aromatic heterocycles. The number of nitrogens with one attached hydrogen (secondary N) is 1. The van der Waals surface area contributed by atoms with Gasteiger partial charge in [0.15, 0.2) is 0 Å². The Morgan fingerprint density at radius 1 is 1.21 bits per heavy atom. The van der Waals surface area contributed by atoms with Gasteiger partial charge in [-0.2, -0.15) is 0 Å². The lowest BCUT2D eigenvalue weighted by Gasteiger charge is -2.37. The third kappa shape index (κ3) is 5.01. The summed E-state index contributed by atoms with van der Waals surface area (Å²) in [7, 11) is 0. The molecule has 0 unspecified atom stereocenters. The van der Waals surface area contributed by atoms with Crippen LogP contribution in [0.15, 0.2) is 30.3 Å². The second-order valence-electron chi connectivity index (χ2n) is 5.71. The number of ether oxygens (including phenoxy) is 1. The van der Waals surface area contributed by atoms with Gasteiger partial charge in [-0.25, -0.2) is 0 Å². The van der Waals surface area contributed by atoms with Gasteiger partial charge in [-0.3, -0.25) is 4.79 Å². The fourth-order valence-corrected chi connectivity index (χ4v) is 1.37. The van der Waals surface area contributed by atoms with Crippen molar-refractivity contribution >= 4 is 5.91 Å². The lowest BCUT2D eigenvalue weighted by atomic mass is 9.86. The summed E-state index contributed by atoms with van der Waals surface area (Å²) < 4.78 is 5.35. The summed E-state index contributed by atoms with van der Waals surface area (Å²) in [6, 6.07) is 9.67. The van der Waals surface area contributed by atoms with E-state index in [-0.39, 0.29) is 12.5 Å². The highest BCUT2D eigenvalue weighted by Gasteiger charge is 2.36. The summed E-state index contributed by atoms with van der Waals surface area (Å²) in [5.41, 5.74) is -0.681. The van der Waals surface area contributed by atoms with Gasteiger partial charge in [-0.15, -0.1) is 0 Å². The monoisotopic (exact) mass is 265 g/mol. The van der Waals surface area contributed by atoms with Crippen molar-refractivity contribution in [1.29, 1.82) is 0 Å². The molecule has 0 saturated heterocycles. The van der Waals surface area contributed by atoms with Crippen LogP contribution in [0.1, 0.15) is 33.3 Å². The second-order valence-corrected chi connectivity index (χ2v) is 5.71. The van der Waals surface area contributed by atoms with E-state index >= 15 is 0 Å². The van der Waals surface area contributed by atoms with E-state index in [2.05, 4.69) is 5.32 Å². The SMILES string of the molecule is CC(C)(O)C(C)(C)NC(=O)COCc1ccccc1. The molecular weight excluding hydrogens is 242 g/mol. The Hall–Kier alpha value is -1.39. The fraction of sp³-hybridized carbons (Fsp3) is 0.533. The minimum atomic E-state index is -0.998. The predicted molar refractivity (Wildman–Crippen MR) is 74.6 cm³/mol. The molecule has 1 rings (SSSR count). The first-order valence-corrected chi connectivity index (χ1v) is 6.37. The first-order valence-electron chi connectivity index (χ1n) is 6.37. The van der Waals surface area contributed by atoms with E-state index in [1.165, 1.54) is 0 Å². The van der Waals surface area contributed by atoms with Gasteiger partial charge in [0.2, 0.25) is 5.91 Å². The van der Waals surface area contributed by atoms with Crippen LogP contribution in [0.4, 0.5) is 0 Å². The van der Waals surface area contributed by atoms with Crippen LogP contribution in [0.3, 0.4) is 0 Å². The molecule has 106 valence electrons. The fourth-order valence-electron chi connectivity index (χ4n) is 1.37.